The number of allylic oxidation sites excluding steroid dienone is 2. The molecule has 1 rings (SSSR count). The number of rotatable bonds is 34. The number of esters is 1. The Morgan fingerprint density at radius 2 is 1.12 bits per heavy atom. The van der Waals surface area contributed by atoms with Gasteiger partial charge in [0.05, 0.1) is 12.9 Å². The van der Waals surface area contributed by atoms with Gasteiger partial charge in [0.1, 0.15) is 6.04 Å². The summed E-state index contributed by atoms with van der Waals surface area (Å²) in [5.41, 5.74) is 0.798. The molecular formula is C42H77N3O5. The molecule has 8 nitrogen and oxygen atoms in total. The monoisotopic (exact) mass is 704 g/mol. The van der Waals surface area contributed by atoms with E-state index in [1.54, 1.807) is 19.4 Å². The molecule has 0 aliphatic heterocycles. The van der Waals surface area contributed by atoms with Gasteiger partial charge in [-0.3, -0.25) is 9.59 Å². The first-order valence-corrected chi connectivity index (χ1v) is 20.7. The number of nitrogens with zero attached hydrogens (tertiary/aromatic N) is 1. The lowest BCUT2D eigenvalue weighted by atomic mass is 10.1. The predicted octanol–water partition coefficient (Wildman–Crippen LogP) is 11.6. The number of H-pyrrole nitrogens is 1. The summed E-state index contributed by atoms with van der Waals surface area (Å²) in [6.45, 7) is 6.56. The van der Waals surface area contributed by atoms with Crippen molar-refractivity contribution < 1.29 is 24.2 Å². The molecule has 0 spiro atoms. The Labute approximate surface area is 306 Å². The van der Waals surface area contributed by atoms with E-state index in [9.17, 15) is 14.4 Å². The third kappa shape index (κ3) is 33.8. The third-order valence-electron chi connectivity index (χ3n) is 9.05. The van der Waals surface area contributed by atoms with Crippen molar-refractivity contribution in [2.45, 2.75) is 213 Å². The number of amides is 1. The molecule has 0 aliphatic carbocycles. The fourth-order valence-electron chi connectivity index (χ4n) is 5.97. The van der Waals surface area contributed by atoms with Crippen molar-refractivity contribution in [1.82, 2.24) is 15.3 Å². The SMILES string of the molecule is CCCCCCCC/C=C/CCCCCCCCCCCC(=O)O.CCCCCCCCCCCC(=O)N[C@@H](Cc1cnc[nH]1)C(=O)OCC. The molecule has 50 heavy (non-hydrogen) atoms. The number of carboxylic acids is 1. The summed E-state index contributed by atoms with van der Waals surface area (Å²) in [4.78, 5) is 41.5. The highest BCUT2D eigenvalue weighted by Crippen LogP contribution is 2.13. The van der Waals surface area contributed by atoms with E-state index in [0.29, 0.717) is 25.9 Å². The summed E-state index contributed by atoms with van der Waals surface area (Å²) in [6.07, 6.45) is 42.1. The maximum atomic E-state index is 12.2. The van der Waals surface area contributed by atoms with E-state index >= 15 is 0 Å². The highest BCUT2D eigenvalue weighted by atomic mass is 16.5. The summed E-state index contributed by atoms with van der Waals surface area (Å²) < 4.78 is 5.06. The molecule has 0 radical (unpaired) electrons. The maximum absolute atomic E-state index is 12.2. The minimum Gasteiger partial charge on any atom is -0.481 e. The Morgan fingerprint density at radius 3 is 1.54 bits per heavy atom. The first-order valence-electron chi connectivity index (χ1n) is 20.7. The lowest BCUT2D eigenvalue weighted by Gasteiger charge is -2.16. The van der Waals surface area contributed by atoms with Crippen LogP contribution in [0.3, 0.4) is 0 Å². The van der Waals surface area contributed by atoms with Gasteiger partial charge in [0.15, 0.2) is 0 Å². The number of unbranched alkanes of at least 4 members (excludes halogenated alkanes) is 23. The van der Waals surface area contributed by atoms with Crippen molar-refractivity contribution in [3.8, 4) is 0 Å². The standard InChI is InChI=1S/C22H42O2.C20H35N3O3/c1-2-3-4-5-6-7-8-9-10-11-12-13-14-15-16-17-18-19-20-21-22(23)24;1-3-5-6-7-8-9-10-11-12-13-19(24)23-18(20(25)26-4-2)14-17-15-21-16-22-17/h9-10H,2-8,11-21H2,1H3,(H,23,24);15-16,18H,3-14H2,1-2H3,(H,21,22)(H,23,24)/b10-9+;/t;18-/m.0/s1. The fourth-order valence-corrected chi connectivity index (χ4v) is 5.97. The molecule has 0 saturated heterocycles. The van der Waals surface area contributed by atoms with Gasteiger partial charge in [-0.1, -0.05) is 154 Å². The average molecular weight is 704 g/mol. The number of carbonyl (C=O) groups excluding carboxylic acids is 2. The van der Waals surface area contributed by atoms with Crippen LogP contribution in [-0.4, -0.2) is 45.6 Å². The van der Waals surface area contributed by atoms with Crippen LogP contribution in [-0.2, 0) is 25.5 Å². The van der Waals surface area contributed by atoms with E-state index in [0.717, 1.165) is 31.4 Å². The van der Waals surface area contributed by atoms with Gasteiger partial charge in [0.25, 0.3) is 0 Å². The zero-order valence-electron chi connectivity index (χ0n) is 32.6. The zero-order chi connectivity index (χ0) is 36.8. The molecule has 0 aromatic carbocycles. The Morgan fingerprint density at radius 1 is 0.680 bits per heavy atom. The van der Waals surface area contributed by atoms with Crippen LogP contribution in [0.25, 0.3) is 0 Å². The van der Waals surface area contributed by atoms with Crippen LogP contribution in [0.4, 0.5) is 0 Å². The number of aromatic amines is 1. The van der Waals surface area contributed by atoms with Crippen LogP contribution < -0.4 is 5.32 Å². The largest absolute Gasteiger partial charge is 0.481 e. The van der Waals surface area contributed by atoms with E-state index in [4.69, 9.17) is 9.84 Å². The first kappa shape index (κ1) is 47.4. The Kier molecular flexibility index (Phi) is 35.6. The van der Waals surface area contributed by atoms with Crippen molar-refractivity contribution in [2.24, 2.45) is 0 Å². The van der Waals surface area contributed by atoms with Crippen LogP contribution in [0, 0.1) is 0 Å². The topological polar surface area (TPSA) is 121 Å². The van der Waals surface area contributed by atoms with Crippen LogP contribution >= 0.6 is 0 Å². The number of hydrogen-bond acceptors (Lipinski definition) is 5. The number of carboxylic acid groups (broad SMARTS) is 1. The van der Waals surface area contributed by atoms with Crippen LogP contribution in [0.1, 0.15) is 206 Å². The van der Waals surface area contributed by atoms with Crippen molar-refractivity contribution in [1.29, 1.82) is 0 Å². The molecule has 290 valence electrons. The highest BCUT2D eigenvalue weighted by Gasteiger charge is 2.22. The molecule has 1 aromatic rings. The Hall–Kier alpha value is -2.64. The molecule has 0 bridgehead atoms. The number of aromatic nitrogens is 2. The summed E-state index contributed by atoms with van der Waals surface area (Å²) in [7, 11) is 0. The normalized spacial score (nSPS) is 11.7. The Bertz CT molecular complexity index is 919. The smallest absolute Gasteiger partial charge is 0.329 e. The van der Waals surface area contributed by atoms with E-state index in [-0.39, 0.29) is 5.91 Å². The van der Waals surface area contributed by atoms with E-state index in [2.05, 4.69) is 41.3 Å². The van der Waals surface area contributed by atoms with Gasteiger partial charge in [-0.2, -0.15) is 0 Å². The molecular weight excluding hydrogens is 626 g/mol. The van der Waals surface area contributed by atoms with Crippen molar-refractivity contribution in [2.75, 3.05) is 6.61 Å². The summed E-state index contributed by atoms with van der Waals surface area (Å²) in [5.74, 6) is -1.15. The van der Waals surface area contributed by atoms with Gasteiger partial charge in [0.2, 0.25) is 5.91 Å². The van der Waals surface area contributed by atoms with Crippen molar-refractivity contribution in [3.63, 3.8) is 0 Å². The number of carbonyl (C=O) groups is 3. The fraction of sp³-hybridized carbons (Fsp3) is 0.810. The van der Waals surface area contributed by atoms with Gasteiger partial charge >= 0.3 is 11.9 Å². The van der Waals surface area contributed by atoms with E-state index in [1.807, 2.05) is 0 Å². The quantitative estimate of drug-likeness (QED) is 0.0373. The second-order valence-electron chi connectivity index (χ2n) is 13.9. The number of nitrogens with one attached hydrogen (secondary N) is 2. The van der Waals surface area contributed by atoms with Gasteiger partial charge in [-0.05, 0) is 45.4 Å². The summed E-state index contributed by atoms with van der Waals surface area (Å²) in [5, 5.41) is 11.4. The molecule has 0 saturated carbocycles. The van der Waals surface area contributed by atoms with Gasteiger partial charge in [0, 0.05) is 31.2 Å². The Balaban J connectivity index is 0.000000964. The second kappa shape index (κ2) is 37.6. The minimum absolute atomic E-state index is 0.0921. The summed E-state index contributed by atoms with van der Waals surface area (Å²) >= 11 is 0. The van der Waals surface area contributed by atoms with Gasteiger partial charge < -0.3 is 20.1 Å². The molecule has 1 aromatic heterocycles. The van der Waals surface area contributed by atoms with Crippen LogP contribution in [0.2, 0.25) is 0 Å². The lowest BCUT2D eigenvalue weighted by molar-refractivity contribution is -0.147. The molecule has 3 N–H and O–H groups in total. The highest BCUT2D eigenvalue weighted by molar-refractivity contribution is 5.84. The van der Waals surface area contributed by atoms with Crippen molar-refractivity contribution >= 4 is 17.8 Å². The van der Waals surface area contributed by atoms with E-state index in [1.165, 1.54) is 141 Å². The average Bonchev–Trinajstić information content (AvgIpc) is 3.62. The molecule has 8 heteroatoms. The molecule has 1 heterocycles. The molecule has 1 amide bonds. The number of ether oxygens (including phenoxy) is 1. The third-order valence-corrected chi connectivity index (χ3v) is 9.05. The van der Waals surface area contributed by atoms with Crippen molar-refractivity contribution in [3.05, 3.63) is 30.4 Å². The summed E-state index contributed by atoms with van der Waals surface area (Å²) in [6, 6.07) is -0.665. The molecule has 1 atom stereocenters. The number of hydrogen-bond donors (Lipinski definition) is 3. The zero-order valence-corrected chi connectivity index (χ0v) is 32.6. The first-order chi connectivity index (χ1) is 24.4. The maximum Gasteiger partial charge on any atom is 0.329 e. The van der Waals surface area contributed by atoms with E-state index < -0.39 is 18.0 Å². The van der Waals surface area contributed by atoms with Crippen LogP contribution in [0.15, 0.2) is 24.7 Å². The second-order valence-corrected chi connectivity index (χ2v) is 13.9. The van der Waals surface area contributed by atoms with Gasteiger partial charge in [-0.15, -0.1) is 0 Å². The molecule has 0 fully saturated rings. The van der Waals surface area contributed by atoms with Gasteiger partial charge in [-0.25, -0.2) is 9.78 Å². The molecule has 0 aliphatic rings. The predicted molar refractivity (Wildman–Crippen MR) is 208 cm³/mol. The number of aliphatic carboxylic acids is 1. The molecule has 0 unspecified atom stereocenters. The lowest BCUT2D eigenvalue weighted by Crippen LogP contribution is -2.43. The van der Waals surface area contributed by atoms with Crippen LogP contribution in [0.5, 0.6) is 0 Å². The number of imidazole rings is 1. The minimum atomic E-state index is -0.665.